The van der Waals surface area contributed by atoms with Gasteiger partial charge >= 0.3 is 0 Å². The number of rotatable bonds is 6. The van der Waals surface area contributed by atoms with Gasteiger partial charge in [0.05, 0.1) is 30.3 Å². The van der Waals surface area contributed by atoms with Gasteiger partial charge in [-0.25, -0.2) is 4.98 Å². The van der Waals surface area contributed by atoms with E-state index < -0.39 is 0 Å². The van der Waals surface area contributed by atoms with E-state index in [0.29, 0.717) is 6.10 Å². The van der Waals surface area contributed by atoms with E-state index in [1.165, 1.54) is 31.4 Å². The first-order valence-corrected chi connectivity index (χ1v) is 6.94. The fraction of sp³-hybridized carbons (Fsp3) is 0.786. The number of hydrogen-bond donors (Lipinski definition) is 1. The summed E-state index contributed by atoms with van der Waals surface area (Å²) in [5.74, 6) is 0. The Morgan fingerprint density at radius 1 is 1.44 bits per heavy atom. The van der Waals surface area contributed by atoms with Crippen LogP contribution in [0.3, 0.4) is 0 Å². The number of nitrogens with zero attached hydrogens (tertiary/aromatic N) is 2. The lowest BCUT2D eigenvalue weighted by Gasteiger charge is -2.25. The average molecular weight is 251 g/mol. The van der Waals surface area contributed by atoms with Gasteiger partial charge in [0.25, 0.3) is 0 Å². The molecular formula is C14H25N3O. The molecule has 4 nitrogen and oxygen atoms in total. The molecule has 4 heteroatoms. The molecule has 0 spiro atoms. The van der Waals surface area contributed by atoms with Crippen LogP contribution in [0, 0.1) is 0 Å². The SMILES string of the molecule is CNC(C)(C)c1cncn1CCOC1CCCC1. The van der Waals surface area contributed by atoms with Gasteiger partial charge in [-0.05, 0) is 33.7 Å². The third-order valence-electron chi connectivity index (χ3n) is 3.97. The van der Waals surface area contributed by atoms with Crippen molar-refractivity contribution in [3.05, 3.63) is 18.2 Å². The molecule has 0 saturated heterocycles. The topological polar surface area (TPSA) is 39.1 Å². The first kappa shape index (κ1) is 13.6. The highest BCUT2D eigenvalue weighted by Gasteiger charge is 2.22. The number of imidazole rings is 1. The molecule has 1 aliphatic rings. The van der Waals surface area contributed by atoms with Gasteiger partial charge in [-0.15, -0.1) is 0 Å². The summed E-state index contributed by atoms with van der Waals surface area (Å²) in [7, 11) is 1.98. The lowest BCUT2D eigenvalue weighted by atomic mass is 10.0. The monoisotopic (exact) mass is 251 g/mol. The highest BCUT2D eigenvalue weighted by Crippen LogP contribution is 2.22. The minimum Gasteiger partial charge on any atom is -0.376 e. The number of aromatic nitrogens is 2. The Morgan fingerprint density at radius 2 is 2.17 bits per heavy atom. The largest absolute Gasteiger partial charge is 0.376 e. The summed E-state index contributed by atoms with van der Waals surface area (Å²) in [5, 5.41) is 3.31. The predicted octanol–water partition coefficient (Wildman–Crippen LogP) is 2.30. The first-order valence-electron chi connectivity index (χ1n) is 6.94. The summed E-state index contributed by atoms with van der Waals surface area (Å²) in [6.45, 7) is 6.00. The zero-order chi connectivity index (χ0) is 13.0. The lowest BCUT2D eigenvalue weighted by molar-refractivity contribution is 0.0522. The molecule has 1 aromatic heterocycles. The standard InChI is InChI=1S/C14H25N3O/c1-14(2,15-3)13-10-16-11-17(13)8-9-18-12-6-4-5-7-12/h10-12,15H,4-9H2,1-3H3. The Kier molecular flexibility index (Phi) is 4.40. The molecule has 1 aliphatic carbocycles. The van der Waals surface area contributed by atoms with E-state index >= 15 is 0 Å². The van der Waals surface area contributed by atoms with E-state index in [2.05, 4.69) is 28.7 Å². The second-order valence-electron chi connectivity index (χ2n) is 5.62. The van der Waals surface area contributed by atoms with Crippen LogP contribution in [0.4, 0.5) is 0 Å². The van der Waals surface area contributed by atoms with E-state index in [9.17, 15) is 0 Å². The normalized spacial score (nSPS) is 17.5. The van der Waals surface area contributed by atoms with Gasteiger partial charge in [-0.1, -0.05) is 12.8 Å². The quantitative estimate of drug-likeness (QED) is 0.843. The average Bonchev–Trinajstić information content (AvgIpc) is 3.00. The molecule has 0 radical (unpaired) electrons. The number of hydrogen-bond acceptors (Lipinski definition) is 3. The molecule has 0 amide bonds. The van der Waals surface area contributed by atoms with Crippen molar-refractivity contribution in [3.63, 3.8) is 0 Å². The molecule has 1 aromatic rings. The molecule has 102 valence electrons. The highest BCUT2D eigenvalue weighted by molar-refractivity contribution is 5.10. The van der Waals surface area contributed by atoms with Crippen LogP contribution in [-0.4, -0.2) is 29.3 Å². The van der Waals surface area contributed by atoms with Crippen LogP contribution >= 0.6 is 0 Å². The second kappa shape index (κ2) is 5.85. The summed E-state index contributed by atoms with van der Waals surface area (Å²) >= 11 is 0. The van der Waals surface area contributed by atoms with Crippen molar-refractivity contribution in [1.29, 1.82) is 0 Å². The summed E-state index contributed by atoms with van der Waals surface area (Å²) in [6.07, 6.45) is 9.45. The van der Waals surface area contributed by atoms with Crippen LogP contribution in [0.1, 0.15) is 45.2 Å². The third-order valence-corrected chi connectivity index (χ3v) is 3.97. The highest BCUT2D eigenvalue weighted by atomic mass is 16.5. The van der Waals surface area contributed by atoms with Crippen LogP contribution in [0.5, 0.6) is 0 Å². The summed E-state index contributed by atoms with van der Waals surface area (Å²) in [4.78, 5) is 4.25. The Morgan fingerprint density at radius 3 is 2.83 bits per heavy atom. The zero-order valence-corrected chi connectivity index (χ0v) is 11.8. The molecule has 0 unspecified atom stereocenters. The van der Waals surface area contributed by atoms with Crippen LogP contribution in [0.2, 0.25) is 0 Å². The molecule has 0 aromatic carbocycles. The maximum Gasteiger partial charge on any atom is 0.0949 e. The van der Waals surface area contributed by atoms with E-state index in [1.54, 1.807) is 0 Å². The summed E-state index contributed by atoms with van der Waals surface area (Å²) in [6, 6.07) is 0. The van der Waals surface area contributed by atoms with Crippen molar-refractivity contribution < 1.29 is 4.74 Å². The predicted molar refractivity (Wildman–Crippen MR) is 72.5 cm³/mol. The van der Waals surface area contributed by atoms with E-state index in [1.807, 2.05) is 19.6 Å². The summed E-state index contributed by atoms with van der Waals surface area (Å²) < 4.78 is 8.09. The van der Waals surface area contributed by atoms with Gasteiger partial charge in [0, 0.05) is 12.7 Å². The third kappa shape index (κ3) is 3.12. The van der Waals surface area contributed by atoms with Gasteiger partial charge in [-0.2, -0.15) is 0 Å². The molecule has 2 rings (SSSR count). The molecule has 18 heavy (non-hydrogen) atoms. The van der Waals surface area contributed by atoms with Crippen molar-refractivity contribution in [3.8, 4) is 0 Å². The minimum atomic E-state index is -0.0517. The fourth-order valence-electron chi connectivity index (χ4n) is 2.52. The van der Waals surface area contributed by atoms with Crippen LogP contribution < -0.4 is 5.32 Å². The summed E-state index contributed by atoms with van der Waals surface area (Å²) in [5.41, 5.74) is 1.16. The second-order valence-corrected chi connectivity index (χ2v) is 5.62. The van der Waals surface area contributed by atoms with Crippen molar-refractivity contribution in [2.75, 3.05) is 13.7 Å². The molecule has 0 atom stereocenters. The Labute approximate surface area is 110 Å². The van der Waals surface area contributed by atoms with Crippen molar-refractivity contribution in [2.24, 2.45) is 0 Å². The van der Waals surface area contributed by atoms with Gasteiger partial charge in [0.1, 0.15) is 0 Å². The lowest BCUT2D eigenvalue weighted by Crippen LogP contribution is -2.35. The maximum absolute atomic E-state index is 5.91. The maximum atomic E-state index is 5.91. The van der Waals surface area contributed by atoms with E-state index in [-0.39, 0.29) is 5.54 Å². The smallest absolute Gasteiger partial charge is 0.0949 e. The van der Waals surface area contributed by atoms with Crippen molar-refractivity contribution in [2.45, 2.75) is 57.7 Å². The Balaban J connectivity index is 1.87. The van der Waals surface area contributed by atoms with Gasteiger partial charge in [0.15, 0.2) is 0 Å². The molecule has 1 saturated carbocycles. The first-order chi connectivity index (χ1) is 8.63. The van der Waals surface area contributed by atoms with Gasteiger partial charge in [-0.3, -0.25) is 0 Å². The van der Waals surface area contributed by atoms with Crippen LogP contribution in [-0.2, 0) is 16.8 Å². The fourth-order valence-corrected chi connectivity index (χ4v) is 2.52. The van der Waals surface area contributed by atoms with E-state index in [4.69, 9.17) is 4.74 Å². The number of nitrogens with one attached hydrogen (secondary N) is 1. The van der Waals surface area contributed by atoms with Crippen LogP contribution in [0.25, 0.3) is 0 Å². The molecule has 0 bridgehead atoms. The Bertz CT molecular complexity index is 367. The molecule has 1 fully saturated rings. The minimum absolute atomic E-state index is 0.0517. The van der Waals surface area contributed by atoms with Crippen molar-refractivity contribution >= 4 is 0 Å². The van der Waals surface area contributed by atoms with Gasteiger partial charge < -0.3 is 14.6 Å². The molecule has 1 heterocycles. The molecule has 0 aliphatic heterocycles. The molecular weight excluding hydrogens is 226 g/mol. The number of ether oxygens (including phenoxy) is 1. The van der Waals surface area contributed by atoms with Crippen LogP contribution in [0.15, 0.2) is 12.5 Å². The Hall–Kier alpha value is -0.870. The van der Waals surface area contributed by atoms with E-state index in [0.717, 1.165) is 13.2 Å². The van der Waals surface area contributed by atoms with Gasteiger partial charge in [0.2, 0.25) is 0 Å². The zero-order valence-electron chi connectivity index (χ0n) is 11.8. The molecule has 1 N–H and O–H groups in total. The van der Waals surface area contributed by atoms with Crippen molar-refractivity contribution in [1.82, 2.24) is 14.9 Å².